The molecule has 1 aromatic heterocycles. The first-order chi connectivity index (χ1) is 7.13. The maximum absolute atomic E-state index is 10.5. The summed E-state index contributed by atoms with van der Waals surface area (Å²) in [6.45, 7) is 4.65. The average molecular weight is 212 g/mol. The zero-order valence-corrected chi connectivity index (χ0v) is 9.05. The number of carboxylic acids is 1. The summed E-state index contributed by atoms with van der Waals surface area (Å²) in [5.74, 6) is -1.04. The van der Waals surface area contributed by atoms with E-state index in [1.54, 1.807) is 4.68 Å². The van der Waals surface area contributed by atoms with Crippen LogP contribution in [-0.2, 0) is 6.54 Å². The molecule has 0 fully saturated rings. The molecule has 0 atom stereocenters. The van der Waals surface area contributed by atoms with Gasteiger partial charge in [-0.3, -0.25) is 4.68 Å². The van der Waals surface area contributed by atoms with Gasteiger partial charge in [0.25, 0.3) is 0 Å². The minimum atomic E-state index is -1.04. The van der Waals surface area contributed by atoms with Crippen LogP contribution in [-0.4, -0.2) is 51.1 Å². The molecular formula is C9H16N4O2. The molecule has 1 aromatic rings. The van der Waals surface area contributed by atoms with Crippen molar-refractivity contribution in [2.24, 2.45) is 0 Å². The molecule has 6 heteroatoms. The predicted molar refractivity (Wildman–Crippen MR) is 54.8 cm³/mol. The molecule has 0 aliphatic carbocycles. The number of aromatic carboxylic acids is 1. The van der Waals surface area contributed by atoms with Gasteiger partial charge in [-0.05, 0) is 20.0 Å². The van der Waals surface area contributed by atoms with Gasteiger partial charge < -0.3 is 10.0 Å². The molecule has 0 aliphatic rings. The Kier molecular flexibility index (Phi) is 4.23. The van der Waals surface area contributed by atoms with Gasteiger partial charge >= 0.3 is 5.97 Å². The van der Waals surface area contributed by atoms with Crippen LogP contribution in [0.5, 0.6) is 0 Å². The second-order valence-electron chi connectivity index (χ2n) is 3.48. The van der Waals surface area contributed by atoms with Crippen molar-refractivity contribution in [2.75, 3.05) is 20.1 Å². The molecule has 0 amide bonds. The summed E-state index contributed by atoms with van der Waals surface area (Å²) in [5, 5.41) is 15.9. The van der Waals surface area contributed by atoms with E-state index in [9.17, 15) is 4.79 Å². The van der Waals surface area contributed by atoms with Crippen LogP contribution in [0.25, 0.3) is 0 Å². The summed E-state index contributed by atoms with van der Waals surface area (Å²) in [6, 6.07) is 0. The average Bonchev–Trinajstić information content (AvgIpc) is 2.63. The van der Waals surface area contributed by atoms with E-state index in [1.165, 1.54) is 6.20 Å². The molecule has 0 radical (unpaired) electrons. The molecule has 15 heavy (non-hydrogen) atoms. The van der Waals surface area contributed by atoms with Crippen LogP contribution >= 0.6 is 0 Å². The molecular weight excluding hydrogens is 196 g/mol. The number of rotatable bonds is 6. The number of aromatic nitrogens is 3. The molecule has 84 valence electrons. The Hall–Kier alpha value is -1.43. The monoisotopic (exact) mass is 212 g/mol. The van der Waals surface area contributed by atoms with Crippen molar-refractivity contribution in [1.29, 1.82) is 0 Å². The normalized spacial score (nSPS) is 10.9. The number of likely N-dealkylation sites (N-methyl/N-ethyl adjacent to an activating group) is 1. The molecule has 1 N–H and O–H groups in total. The van der Waals surface area contributed by atoms with E-state index < -0.39 is 5.97 Å². The zero-order chi connectivity index (χ0) is 11.3. The third-order valence-corrected chi connectivity index (χ3v) is 2.07. The van der Waals surface area contributed by atoms with Gasteiger partial charge in [-0.15, -0.1) is 5.10 Å². The van der Waals surface area contributed by atoms with E-state index in [0.717, 1.165) is 19.5 Å². The Morgan fingerprint density at radius 3 is 2.87 bits per heavy atom. The predicted octanol–water partition coefficient (Wildman–Crippen LogP) is 0.318. The Morgan fingerprint density at radius 2 is 2.33 bits per heavy atom. The van der Waals surface area contributed by atoms with Crippen LogP contribution in [0.1, 0.15) is 23.8 Å². The van der Waals surface area contributed by atoms with Crippen molar-refractivity contribution in [3.05, 3.63) is 11.9 Å². The fourth-order valence-corrected chi connectivity index (χ4v) is 1.27. The van der Waals surface area contributed by atoms with Gasteiger partial charge in [0.1, 0.15) is 0 Å². The van der Waals surface area contributed by atoms with E-state index >= 15 is 0 Å². The van der Waals surface area contributed by atoms with E-state index in [0.29, 0.717) is 6.54 Å². The van der Waals surface area contributed by atoms with Gasteiger partial charge in [0, 0.05) is 6.54 Å². The molecule has 0 saturated carbocycles. The standard InChI is InChI=1S/C9H16N4O2/c1-3-4-12(2)5-6-13-7-8(9(14)15)10-11-13/h7H,3-6H2,1-2H3,(H,14,15). The third kappa shape index (κ3) is 3.67. The number of carbonyl (C=O) groups is 1. The molecule has 1 heterocycles. The first-order valence-corrected chi connectivity index (χ1v) is 4.95. The highest BCUT2D eigenvalue weighted by molar-refractivity contribution is 5.84. The van der Waals surface area contributed by atoms with Crippen LogP contribution in [0, 0.1) is 0 Å². The lowest BCUT2D eigenvalue weighted by atomic mass is 10.4. The Balaban J connectivity index is 2.40. The highest BCUT2D eigenvalue weighted by Gasteiger charge is 2.07. The smallest absolute Gasteiger partial charge is 0.358 e. The summed E-state index contributed by atoms with van der Waals surface area (Å²) in [6.07, 6.45) is 2.55. The van der Waals surface area contributed by atoms with E-state index in [4.69, 9.17) is 5.11 Å². The quantitative estimate of drug-likeness (QED) is 0.735. The molecule has 0 bridgehead atoms. The maximum atomic E-state index is 10.5. The van der Waals surface area contributed by atoms with Crippen molar-refractivity contribution in [1.82, 2.24) is 19.9 Å². The summed E-state index contributed by atoms with van der Waals surface area (Å²) >= 11 is 0. The molecule has 0 aromatic carbocycles. The lowest BCUT2D eigenvalue weighted by molar-refractivity contribution is 0.0690. The molecule has 0 saturated heterocycles. The molecule has 6 nitrogen and oxygen atoms in total. The van der Waals surface area contributed by atoms with Crippen LogP contribution < -0.4 is 0 Å². The lowest BCUT2D eigenvalue weighted by Gasteiger charge is -2.14. The first-order valence-electron chi connectivity index (χ1n) is 4.95. The fourth-order valence-electron chi connectivity index (χ4n) is 1.27. The maximum Gasteiger partial charge on any atom is 0.358 e. The summed E-state index contributed by atoms with van der Waals surface area (Å²) < 4.78 is 1.55. The van der Waals surface area contributed by atoms with E-state index in [-0.39, 0.29) is 5.69 Å². The number of hydrogen-bond acceptors (Lipinski definition) is 4. The molecule has 0 aliphatic heterocycles. The minimum absolute atomic E-state index is 0.00635. The summed E-state index contributed by atoms with van der Waals surface area (Å²) in [4.78, 5) is 12.7. The SMILES string of the molecule is CCCN(C)CCn1cc(C(=O)O)nn1. The highest BCUT2D eigenvalue weighted by atomic mass is 16.4. The van der Waals surface area contributed by atoms with E-state index in [1.807, 2.05) is 7.05 Å². The highest BCUT2D eigenvalue weighted by Crippen LogP contribution is 1.94. The van der Waals surface area contributed by atoms with Crippen molar-refractivity contribution >= 4 is 5.97 Å². The second-order valence-corrected chi connectivity index (χ2v) is 3.48. The van der Waals surface area contributed by atoms with Crippen molar-refractivity contribution in [3.63, 3.8) is 0 Å². The van der Waals surface area contributed by atoms with Crippen molar-refractivity contribution in [2.45, 2.75) is 19.9 Å². The lowest BCUT2D eigenvalue weighted by Crippen LogP contribution is -2.24. The van der Waals surface area contributed by atoms with Gasteiger partial charge in [-0.1, -0.05) is 12.1 Å². The summed E-state index contributed by atoms with van der Waals surface area (Å²) in [5.41, 5.74) is -0.00635. The third-order valence-electron chi connectivity index (χ3n) is 2.07. The Labute approximate surface area is 88.5 Å². The first kappa shape index (κ1) is 11.6. The van der Waals surface area contributed by atoms with Crippen LogP contribution in [0.4, 0.5) is 0 Å². The number of carboxylic acid groups (broad SMARTS) is 1. The minimum Gasteiger partial charge on any atom is -0.476 e. The van der Waals surface area contributed by atoms with E-state index in [2.05, 4.69) is 22.1 Å². The Morgan fingerprint density at radius 1 is 1.60 bits per heavy atom. The molecule has 1 rings (SSSR count). The zero-order valence-electron chi connectivity index (χ0n) is 9.05. The number of nitrogens with zero attached hydrogens (tertiary/aromatic N) is 4. The van der Waals surface area contributed by atoms with Gasteiger partial charge in [-0.25, -0.2) is 4.79 Å². The second kappa shape index (κ2) is 5.45. The van der Waals surface area contributed by atoms with Crippen LogP contribution in [0.3, 0.4) is 0 Å². The largest absolute Gasteiger partial charge is 0.476 e. The van der Waals surface area contributed by atoms with Crippen LogP contribution in [0.2, 0.25) is 0 Å². The van der Waals surface area contributed by atoms with Gasteiger partial charge in [0.15, 0.2) is 5.69 Å². The fraction of sp³-hybridized carbons (Fsp3) is 0.667. The van der Waals surface area contributed by atoms with Crippen LogP contribution in [0.15, 0.2) is 6.20 Å². The van der Waals surface area contributed by atoms with Gasteiger partial charge in [-0.2, -0.15) is 0 Å². The summed E-state index contributed by atoms with van der Waals surface area (Å²) in [7, 11) is 2.03. The molecule has 0 unspecified atom stereocenters. The van der Waals surface area contributed by atoms with Gasteiger partial charge in [0.2, 0.25) is 0 Å². The van der Waals surface area contributed by atoms with Crippen molar-refractivity contribution in [3.8, 4) is 0 Å². The number of hydrogen-bond donors (Lipinski definition) is 1. The van der Waals surface area contributed by atoms with Gasteiger partial charge in [0.05, 0.1) is 12.7 Å². The molecule has 0 spiro atoms. The topological polar surface area (TPSA) is 71.2 Å². The van der Waals surface area contributed by atoms with Crippen molar-refractivity contribution < 1.29 is 9.90 Å². The Bertz CT molecular complexity index is 324.